The van der Waals surface area contributed by atoms with Crippen molar-refractivity contribution in [2.75, 3.05) is 0 Å². The Labute approximate surface area is 86.0 Å². The molecule has 0 aliphatic heterocycles. The smallest absolute Gasteiger partial charge is 0.145 e. The maximum absolute atomic E-state index is 13.3. The predicted octanol–water partition coefficient (Wildman–Crippen LogP) is 1.34. The van der Waals surface area contributed by atoms with Crippen LogP contribution in [0.5, 0.6) is 0 Å². The van der Waals surface area contributed by atoms with Crippen LogP contribution in [-0.2, 0) is 0 Å². The van der Waals surface area contributed by atoms with E-state index < -0.39 is 11.6 Å². The number of hydrogen-bond acceptors (Lipinski definition) is 2. The summed E-state index contributed by atoms with van der Waals surface area (Å²) < 4.78 is 26.0. The molecule has 0 radical (unpaired) electrons. The zero-order valence-electron chi connectivity index (χ0n) is 8.00. The highest BCUT2D eigenvalue weighted by Gasteiger charge is 2.22. The quantitative estimate of drug-likeness (QED) is 0.335. The highest BCUT2D eigenvalue weighted by Crippen LogP contribution is 2.24. The minimum absolute atomic E-state index is 0.200. The molecule has 0 amide bonds. The number of hydrazine groups is 1. The van der Waals surface area contributed by atoms with Gasteiger partial charge < -0.3 is 5.43 Å². The maximum atomic E-state index is 13.3. The summed E-state index contributed by atoms with van der Waals surface area (Å²) >= 11 is 0. The van der Waals surface area contributed by atoms with E-state index in [2.05, 4.69) is 10.4 Å². The minimum Gasteiger partial charge on any atom is -0.308 e. The summed E-state index contributed by atoms with van der Waals surface area (Å²) in [6, 6.07) is 3.54. The Morgan fingerprint density at radius 3 is 2.67 bits per heavy atom. The van der Waals surface area contributed by atoms with Crippen molar-refractivity contribution < 1.29 is 8.78 Å². The van der Waals surface area contributed by atoms with Crippen molar-refractivity contribution in [1.82, 2.24) is 5.43 Å². The van der Waals surface area contributed by atoms with E-state index in [4.69, 9.17) is 5.84 Å². The van der Waals surface area contributed by atoms with E-state index in [0.717, 1.165) is 18.9 Å². The first kappa shape index (κ1) is 10.0. The van der Waals surface area contributed by atoms with Crippen LogP contribution in [0.4, 0.5) is 8.78 Å². The molecule has 3 nitrogen and oxygen atoms in total. The van der Waals surface area contributed by atoms with Gasteiger partial charge in [-0.25, -0.2) is 14.6 Å². The molecule has 5 heteroatoms. The second kappa shape index (κ2) is 3.94. The Kier molecular flexibility index (Phi) is 2.64. The van der Waals surface area contributed by atoms with Crippen molar-refractivity contribution in [3.05, 3.63) is 35.4 Å². The van der Waals surface area contributed by atoms with Gasteiger partial charge in [0.05, 0.1) is 11.6 Å². The van der Waals surface area contributed by atoms with Crippen LogP contribution in [0.3, 0.4) is 0 Å². The fourth-order valence-electron chi connectivity index (χ4n) is 1.25. The third-order valence-corrected chi connectivity index (χ3v) is 2.18. The summed E-state index contributed by atoms with van der Waals surface area (Å²) in [5.74, 6) is 4.25. The second-order valence-electron chi connectivity index (χ2n) is 3.48. The molecule has 1 saturated carbocycles. The number of amidine groups is 1. The van der Waals surface area contributed by atoms with E-state index >= 15 is 0 Å². The summed E-state index contributed by atoms with van der Waals surface area (Å²) in [4.78, 5) is 4.19. The topological polar surface area (TPSA) is 50.4 Å². The van der Waals surface area contributed by atoms with Crippen LogP contribution < -0.4 is 11.3 Å². The fourth-order valence-corrected chi connectivity index (χ4v) is 1.25. The van der Waals surface area contributed by atoms with Crippen molar-refractivity contribution in [2.45, 2.75) is 18.9 Å². The number of hydrogen-bond donors (Lipinski definition) is 2. The summed E-state index contributed by atoms with van der Waals surface area (Å²) in [7, 11) is 0. The van der Waals surface area contributed by atoms with Gasteiger partial charge in [-0.2, -0.15) is 0 Å². The van der Waals surface area contributed by atoms with E-state index in [0.29, 0.717) is 0 Å². The average Bonchev–Trinajstić information content (AvgIpc) is 2.99. The Hall–Kier alpha value is -1.49. The molecule has 0 heterocycles. The fraction of sp³-hybridized carbons (Fsp3) is 0.300. The molecule has 1 aromatic rings. The van der Waals surface area contributed by atoms with Crippen molar-refractivity contribution in [3.8, 4) is 0 Å². The van der Waals surface area contributed by atoms with Crippen LogP contribution in [-0.4, -0.2) is 11.9 Å². The van der Waals surface area contributed by atoms with Gasteiger partial charge in [-0.3, -0.25) is 4.99 Å². The molecule has 1 aliphatic carbocycles. The zero-order chi connectivity index (χ0) is 10.8. The van der Waals surface area contributed by atoms with Gasteiger partial charge in [-0.05, 0) is 25.0 Å². The largest absolute Gasteiger partial charge is 0.308 e. The number of aliphatic imine (C=N–C) groups is 1. The highest BCUT2D eigenvalue weighted by molar-refractivity contribution is 5.98. The molecular formula is C10H11F2N3. The summed E-state index contributed by atoms with van der Waals surface area (Å²) in [5.41, 5.74) is 2.54. The Morgan fingerprint density at radius 1 is 1.40 bits per heavy atom. The molecule has 1 aromatic carbocycles. The average molecular weight is 211 g/mol. The Bertz CT molecular complexity index is 400. The van der Waals surface area contributed by atoms with E-state index in [-0.39, 0.29) is 17.4 Å². The highest BCUT2D eigenvalue weighted by atomic mass is 19.1. The molecule has 0 atom stereocenters. The molecule has 3 N–H and O–H groups in total. The Balaban J connectivity index is 2.33. The maximum Gasteiger partial charge on any atom is 0.145 e. The molecule has 1 fully saturated rings. The normalized spacial score (nSPS) is 16.6. The molecule has 0 bridgehead atoms. The van der Waals surface area contributed by atoms with Crippen LogP contribution in [0.15, 0.2) is 23.2 Å². The molecule has 1 aliphatic rings. The van der Waals surface area contributed by atoms with E-state index in [1.54, 1.807) is 0 Å². The molecule has 15 heavy (non-hydrogen) atoms. The van der Waals surface area contributed by atoms with Crippen molar-refractivity contribution in [1.29, 1.82) is 0 Å². The van der Waals surface area contributed by atoms with Gasteiger partial charge >= 0.3 is 0 Å². The Morgan fingerprint density at radius 2 is 2.13 bits per heavy atom. The molecule has 0 saturated heterocycles. The number of rotatable bonds is 2. The number of nitrogens with zero attached hydrogens (tertiary/aromatic N) is 1. The third-order valence-electron chi connectivity index (χ3n) is 2.18. The molecule has 0 aromatic heterocycles. The van der Waals surface area contributed by atoms with Crippen LogP contribution in [0.1, 0.15) is 18.4 Å². The summed E-state index contributed by atoms with van der Waals surface area (Å²) in [6.45, 7) is 0. The van der Waals surface area contributed by atoms with Crippen LogP contribution >= 0.6 is 0 Å². The van der Waals surface area contributed by atoms with Gasteiger partial charge in [0.15, 0.2) is 0 Å². The lowest BCUT2D eigenvalue weighted by atomic mass is 10.2. The van der Waals surface area contributed by atoms with Crippen LogP contribution in [0.2, 0.25) is 0 Å². The molecule has 80 valence electrons. The van der Waals surface area contributed by atoms with Crippen molar-refractivity contribution in [2.24, 2.45) is 10.8 Å². The third kappa shape index (κ3) is 2.30. The first-order chi connectivity index (χ1) is 7.20. The monoisotopic (exact) mass is 211 g/mol. The molecular weight excluding hydrogens is 200 g/mol. The van der Waals surface area contributed by atoms with Gasteiger partial charge in [0.2, 0.25) is 0 Å². The van der Waals surface area contributed by atoms with E-state index in [1.165, 1.54) is 12.1 Å². The van der Waals surface area contributed by atoms with E-state index in [9.17, 15) is 8.78 Å². The van der Waals surface area contributed by atoms with Crippen LogP contribution in [0.25, 0.3) is 0 Å². The van der Waals surface area contributed by atoms with Crippen LogP contribution in [0, 0.1) is 11.6 Å². The lowest BCUT2D eigenvalue weighted by molar-refractivity contribution is 0.581. The molecule has 0 spiro atoms. The molecule has 2 rings (SSSR count). The standard InChI is InChI=1S/C10H11F2N3/c11-6-1-4-8(9(12)5-6)10(15-13)14-7-2-3-7/h1,4-5,7H,2-3,13H2,(H,14,15). The summed E-state index contributed by atoms with van der Waals surface area (Å²) in [5, 5.41) is 0. The first-order valence-corrected chi connectivity index (χ1v) is 4.70. The summed E-state index contributed by atoms with van der Waals surface area (Å²) in [6.07, 6.45) is 1.99. The van der Waals surface area contributed by atoms with Crippen molar-refractivity contribution >= 4 is 5.84 Å². The van der Waals surface area contributed by atoms with Gasteiger partial charge in [0, 0.05) is 6.07 Å². The lowest BCUT2D eigenvalue weighted by Crippen LogP contribution is -2.32. The molecule has 0 unspecified atom stereocenters. The van der Waals surface area contributed by atoms with Gasteiger partial charge in [0.25, 0.3) is 0 Å². The number of halogens is 2. The van der Waals surface area contributed by atoms with Gasteiger partial charge in [-0.15, -0.1) is 0 Å². The first-order valence-electron chi connectivity index (χ1n) is 4.70. The predicted molar refractivity (Wildman–Crippen MR) is 53.2 cm³/mol. The lowest BCUT2D eigenvalue weighted by Gasteiger charge is -2.06. The number of nitrogens with one attached hydrogen (secondary N) is 1. The SMILES string of the molecule is NNC(=NC1CC1)c1ccc(F)cc1F. The number of nitrogens with two attached hydrogens (primary N) is 1. The second-order valence-corrected chi connectivity index (χ2v) is 3.48. The number of benzene rings is 1. The van der Waals surface area contributed by atoms with Crippen molar-refractivity contribution in [3.63, 3.8) is 0 Å². The minimum atomic E-state index is -0.660. The van der Waals surface area contributed by atoms with E-state index in [1.807, 2.05) is 0 Å². The van der Waals surface area contributed by atoms with Gasteiger partial charge in [-0.1, -0.05) is 0 Å². The van der Waals surface area contributed by atoms with Gasteiger partial charge in [0.1, 0.15) is 17.5 Å². The zero-order valence-corrected chi connectivity index (χ0v) is 8.00.